The molecule has 1 fully saturated rings. The molecule has 38 heavy (non-hydrogen) atoms. The minimum absolute atomic E-state index is 0.0465. The van der Waals surface area contributed by atoms with Crippen LogP contribution in [0, 0.1) is 6.92 Å². The van der Waals surface area contributed by atoms with Gasteiger partial charge in [-0.3, -0.25) is 19.3 Å². The summed E-state index contributed by atoms with van der Waals surface area (Å²) in [6.45, 7) is 4.39. The highest BCUT2D eigenvalue weighted by molar-refractivity contribution is 6.51. The lowest BCUT2D eigenvalue weighted by atomic mass is 9.94. The van der Waals surface area contributed by atoms with Gasteiger partial charge in [-0.05, 0) is 72.5 Å². The first-order chi connectivity index (χ1) is 18.2. The number of methoxy groups -OCH3 is 1. The molecule has 1 atom stereocenters. The Labute approximate surface area is 220 Å². The lowest BCUT2D eigenvalue weighted by molar-refractivity contribution is -0.139. The van der Waals surface area contributed by atoms with Crippen molar-refractivity contribution in [3.05, 3.63) is 94.6 Å². The normalized spacial score (nSPS) is 16.5. The number of benzene rings is 3. The van der Waals surface area contributed by atoms with Crippen molar-refractivity contribution in [2.75, 3.05) is 18.6 Å². The van der Waals surface area contributed by atoms with Crippen LogP contribution in [0.3, 0.4) is 0 Å². The molecule has 1 amide bonds. The Morgan fingerprint density at radius 3 is 2.39 bits per heavy atom. The average molecular weight is 516 g/mol. The number of rotatable bonds is 8. The zero-order valence-electron chi connectivity index (χ0n) is 21.4. The first-order valence-corrected chi connectivity index (χ1v) is 12.2. The standard InChI is InChI=1S/C30H29NO7/c1-4-14-38-24-13-10-21(15-18(24)2)28(34)26-27(20-6-5-7-23(32)17-20)31(30(36)29(26)35)22-11-8-19(9-12-22)16-25(33)37-3/h5-13,15,17,27,32,34H,4,14,16H2,1-3H3/b28-26-. The molecule has 3 aromatic rings. The number of aliphatic hydroxyl groups excluding tert-OH is 1. The van der Waals surface area contributed by atoms with Crippen LogP contribution in [-0.4, -0.2) is 41.6 Å². The fraction of sp³-hybridized carbons (Fsp3) is 0.233. The van der Waals surface area contributed by atoms with Crippen LogP contribution in [0.15, 0.2) is 72.3 Å². The molecule has 8 nitrogen and oxygen atoms in total. The summed E-state index contributed by atoms with van der Waals surface area (Å²) in [7, 11) is 1.30. The second kappa shape index (κ2) is 11.2. The summed E-state index contributed by atoms with van der Waals surface area (Å²) >= 11 is 0. The van der Waals surface area contributed by atoms with E-state index in [-0.39, 0.29) is 23.5 Å². The number of aromatic hydroxyl groups is 1. The molecule has 4 rings (SSSR count). The van der Waals surface area contributed by atoms with E-state index in [1.807, 2.05) is 13.8 Å². The van der Waals surface area contributed by atoms with Gasteiger partial charge in [0.05, 0.1) is 31.8 Å². The molecule has 0 spiro atoms. The van der Waals surface area contributed by atoms with Crippen molar-refractivity contribution >= 4 is 29.1 Å². The maximum atomic E-state index is 13.4. The second-order valence-electron chi connectivity index (χ2n) is 9.01. The first-order valence-electron chi connectivity index (χ1n) is 12.2. The van der Waals surface area contributed by atoms with Crippen molar-refractivity contribution in [3.8, 4) is 11.5 Å². The SMILES string of the molecule is CCCOc1ccc(/C(O)=C2/C(=O)C(=O)N(c3ccc(CC(=O)OC)cc3)C2c2cccc(O)c2)cc1C. The van der Waals surface area contributed by atoms with E-state index < -0.39 is 23.7 Å². The second-order valence-corrected chi connectivity index (χ2v) is 9.01. The number of aliphatic hydroxyl groups is 1. The zero-order chi connectivity index (χ0) is 27.4. The average Bonchev–Trinajstić information content (AvgIpc) is 3.18. The molecular weight excluding hydrogens is 486 g/mol. The van der Waals surface area contributed by atoms with Gasteiger partial charge in [0.2, 0.25) is 0 Å². The van der Waals surface area contributed by atoms with Crippen LogP contribution in [0.5, 0.6) is 11.5 Å². The summed E-state index contributed by atoms with van der Waals surface area (Å²) in [4.78, 5) is 39.6. The number of phenols is 1. The number of ether oxygens (including phenoxy) is 2. The minimum Gasteiger partial charge on any atom is -0.508 e. The fourth-order valence-corrected chi connectivity index (χ4v) is 4.45. The third kappa shape index (κ3) is 5.25. The van der Waals surface area contributed by atoms with Crippen LogP contribution in [0.1, 0.15) is 41.6 Å². The van der Waals surface area contributed by atoms with E-state index in [0.717, 1.165) is 12.0 Å². The lowest BCUT2D eigenvalue weighted by Gasteiger charge is -2.25. The van der Waals surface area contributed by atoms with Crippen LogP contribution in [-0.2, 0) is 25.5 Å². The maximum Gasteiger partial charge on any atom is 0.309 e. The maximum absolute atomic E-state index is 13.4. The largest absolute Gasteiger partial charge is 0.508 e. The van der Waals surface area contributed by atoms with Gasteiger partial charge in [-0.1, -0.05) is 31.2 Å². The summed E-state index contributed by atoms with van der Waals surface area (Å²) in [5.41, 5.74) is 2.55. The molecule has 0 saturated carbocycles. The molecule has 1 aliphatic rings. The van der Waals surface area contributed by atoms with Gasteiger partial charge in [-0.15, -0.1) is 0 Å². The molecule has 8 heteroatoms. The van der Waals surface area contributed by atoms with Crippen LogP contribution in [0.4, 0.5) is 5.69 Å². The smallest absolute Gasteiger partial charge is 0.309 e. The Kier molecular flexibility index (Phi) is 7.81. The number of phenolic OH excluding ortho intramolecular Hbond substituents is 1. The first kappa shape index (κ1) is 26.5. The Morgan fingerprint density at radius 1 is 1.03 bits per heavy atom. The van der Waals surface area contributed by atoms with E-state index in [4.69, 9.17) is 9.47 Å². The van der Waals surface area contributed by atoms with Crippen molar-refractivity contribution < 1.29 is 34.1 Å². The van der Waals surface area contributed by atoms with Crippen molar-refractivity contribution in [3.63, 3.8) is 0 Å². The van der Waals surface area contributed by atoms with Gasteiger partial charge in [-0.25, -0.2) is 0 Å². The fourth-order valence-electron chi connectivity index (χ4n) is 4.45. The van der Waals surface area contributed by atoms with Gasteiger partial charge in [0.1, 0.15) is 17.3 Å². The molecule has 1 saturated heterocycles. The number of esters is 1. The molecule has 0 bridgehead atoms. The number of hydrogen-bond acceptors (Lipinski definition) is 7. The quantitative estimate of drug-likeness (QED) is 0.191. The number of nitrogens with zero attached hydrogens (tertiary/aromatic N) is 1. The van der Waals surface area contributed by atoms with Gasteiger partial charge < -0.3 is 19.7 Å². The van der Waals surface area contributed by atoms with Crippen LogP contribution < -0.4 is 9.64 Å². The molecule has 0 aromatic heterocycles. The van der Waals surface area contributed by atoms with Gasteiger partial charge in [0.25, 0.3) is 11.7 Å². The van der Waals surface area contributed by atoms with Crippen molar-refractivity contribution in [2.45, 2.75) is 32.7 Å². The number of ketones is 1. The number of carbonyl (C=O) groups excluding carboxylic acids is 3. The Morgan fingerprint density at radius 2 is 1.76 bits per heavy atom. The number of aryl methyl sites for hydroxylation is 1. The van der Waals surface area contributed by atoms with Gasteiger partial charge in [0.15, 0.2) is 0 Å². The molecule has 2 N–H and O–H groups in total. The van der Waals surface area contributed by atoms with Crippen molar-refractivity contribution in [2.24, 2.45) is 0 Å². The van der Waals surface area contributed by atoms with Crippen LogP contribution in [0.2, 0.25) is 0 Å². The minimum atomic E-state index is -0.995. The summed E-state index contributed by atoms with van der Waals surface area (Å²) in [5, 5.41) is 21.5. The molecule has 1 aliphatic heterocycles. The molecule has 1 unspecified atom stereocenters. The molecule has 0 aliphatic carbocycles. The Balaban J connectivity index is 1.82. The summed E-state index contributed by atoms with van der Waals surface area (Å²) in [6, 6.07) is 16.9. The Hall–Kier alpha value is -4.59. The molecule has 0 radical (unpaired) electrons. The highest BCUT2D eigenvalue weighted by atomic mass is 16.5. The van der Waals surface area contributed by atoms with Gasteiger partial charge in [0, 0.05) is 11.3 Å². The van der Waals surface area contributed by atoms with Crippen LogP contribution >= 0.6 is 0 Å². The molecular formula is C30H29NO7. The summed E-state index contributed by atoms with van der Waals surface area (Å²) in [5.74, 6) is -1.78. The zero-order valence-corrected chi connectivity index (χ0v) is 21.4. The number of carbonyl (C=O) groups is 3. The van der Waals surface area contributed by atoms with Crippen molar-refractivity contribution in [1.29, 1.82) is 0 Å². The van der Waals surface area contributed by atoms with E-state index in [0.29, 0.717) is 34.7 Å². The van der Waals surface area contributed by atoms with Crippen molar-refractivity contribution in [1.82, 2.24) is 0 Å². The highest BCUT2D eigenvalue weighted by Gasteiger charge is 2.47. The predicted molar refractivity (Wildman–Crippen MR) is 142 cm³/mol. The lowest BCUT2D eigenvalue weighted by Crippen LogP contribution is -2.29. The molecule has 1 heterocycles. The molecule has 196 valence electrons. The van der Waals surface area contributed by atoms with E-state index in [1.54, 1.807) is 54.6 Å². The van der Waals surface area contributed by atoms with E-state index >= 15 is 0 Å². The predicted octanol–water partition coefficient (Wildman–Crippen LogP) is 4.83. The molecule has 3 aromatic carbocycles. The number of anilines is 1. The van der Waals surface area contributed by atoms with Gasteiger partial charge in [-0.2, -0.15) is 0 Å². The summed E-state index contributed by atoms with van der Waals surface area (Å²) in [6.07, 6.45) is 0.904. The number of hydrogen-bond donors (Lipinski definition) is 2. The van der Waals surface area contributed by atoms with Gasteiger partial charge >= 0.3 is 5.97 Å². The van der Waals surface area contributed by atoms with E-state index in [1.165, 1.54) is 24.1 Å². The number of amides is 1. The van der Waals surface area contributed by atoms with Crippen LogP contribution in [0.25, 0.3) is 5.76 Å². The third-order valence-corrected chi connectivity index (χ3v) is 6.33. The van der Waals surface area contributed by atoms with E-state index in [9.17, 15) is 24.6 Å². The highest BCUT2D eigenvalue weighted by Crippen LogP contribution is 2.43. The topological polar surface area (TPSA) is 113 Å². The van der Waals surface area contributed by atoms with E-state index in [2.05, 4.69) is 0 Å². The number of Topliss-reactive ketones (excluding diaryl/α,β-unsaturated/α-hetero) is 1. The monoisotopic (exact) mass is 515 g/mol. The Bertz CT molecular complexity index is 1410. The third-order valence-electron chi connectivity index (χ3n) is 6.33. The summed E-state index contributed by atoms with van der Waals surface area (Å²) < 4.78 is 10.4.